The number of hydrogen-bond acceptors (Lipinski definition) is 3. The van der Waals surface area contributed by atoms with Gasteiger partial charge in [-0.15, -0.1) is 0 Å². The van der Waals surface area contributed by atoms with Gasteiger partial charge in [-0.25, -0.2) is 4.39 Å². The number of pyridine rings is 1. The molecule has 3 nitrogen and oxygen atoms in total. The molecule has 2 aromatic heterocycles. The zero-order chi connectivity index (χ0) is 20.4. The Balaban J connectivity index is 1.71. The summed E-state index contributed by atoms with van der Waals surface area (Å²) in [6, 6.07) is 9.93. The van der Waals surface area contributed by atoms with Crippen molar-refractivity contribution in [2.75, 3.05) is 6.54 Å². The van der Waals surface area contributed by atoms with Gasteiger partial charge in [-0.2, -0.15) is 13.2 Å². The third kappa shape index (κ3) is 3.99. The van der Waals surface area contributed by atoms with Gasteiger partial charge in [0.05, 0.1) is 5.71 Å². The van der Waals surface area contributed by atoms with E-state index in [0.717, 1.165) is 35.8 Å². The lowest BCUT2D eigenvalue weighted by atomic mass is 9.96. The van der Waals surface area contributed by atoms with E-state index in [1.165, 1.54) is 18.2 Å². The number of allylic oxidation sites excluding steroid dienone is 1. The molecule has 0 aliphatic carbocycles. The van der Waals surface area contributed by atoms with Gasteiger partial charge in [-0.3, -0.25) is 9.98 Å². The third-order valence-corrected chi connectivity index (χ3v) is 4.62. The molecule has 29 heavy (non-hydrogen) atoms. The van der Waals surface area contributed by atoms with Gasteiger partial charge in [0, 0.05) is 30.1 Å². The van der Waals surface area contributed by atoms with Gasteiger partial charge in [0.1, 0.15) is 22.9 Å². The van der Waals surface area contributed by atoms with Crippen LogP contribution in [0.15, 0.2) is 69.8 Å². The van der Waals surface area contributed by atoms with Crippen LogP contribution in [-0.2, 0) is 6.18 Å². The molecule has 0 amide bonds. The van der Waals surface area contributed by atoms with Crippen molar-refractivity contribution in [3.05, 3.63) is 83.1 Å². The summed E-state index contributed by atoms with van der Waals surface area (Å²) in [6.45, 7) is 0.698. The highest BCUT2D eigenvalue weighted by molar-refractivity contribution is 6.15. The number of alkyl halides is 3. The summed E-state index contributed by atoms with van der Waals surface area (Å²) in [5.74, 6) is -0.991. The summed E-state index contributed by atoms with van der Waals surface area (Å²) in [4.78, 5) is 8.68. The van der Waals surface area contributed by atoms with Crippen molar-refractivity contribution in [3.63, 3.8) is 0 Å². The molecule has 0 bridgehead atoms. The van der Waals surface area contributed by atoms with E-state index in [-0.39, 0.29) is 11.3 Å². The zero-order valence-corrected chi connectivity index (χ0v) is 15.2. The van der Waals surface area contributed by atoms with Crippen LogP contribution in [0.5, 0.6) is 0 Å². The van der Waals surface area contributed by atoms with Gasteiger partial charge in [0.2, 0.25) is 0 Å². The monoisotopic (exact) mass is 400 g/mol. The van der Waals surface area contributed by atoms with Crippen LogP contribution in [0, 0.1) is 5.82 Å². The summed E-state index contributed by atoms with van der Waals surface area (Å²) in [5, 5.41) is 0. The smallest absolute Gasteiger partial charge is 0.419 e. The predicted octanol–water partition coefficient (Wildman–Crippen LogP) is 6.17. The molecule has 7 heteroatoms. The van der Waals surface area contributed by atoms with Crippen molar-refractivity contribution in [3.8, 4) is 11.3 Å². The maximum Gasteiger partial charge on any atom is 0.419 e. The Morgan fingerprint density at radius 3 is 2.66 bits per heavy atom. The number of nitrogens with zero attached hydrogens (tertiary/aromatic N) is 2. The van der Waals surface area contributed by atoms with Crippen LogP contribution in [0.4, 0.5) is 17.6 Å². The van der Waals surface area contributed by atoms with Crippen molar-refractivity contribution in [2.45, 2.75) is 19.0 Å². The number of benzene rings is 1. The summed E-state index contributed by atoms with van der Waals surface area (Å²) in [6.07, 6.45) is 1.96. The predicted molar refractivity (Wildman–Crippen MR) is 102 cm³/mol. The first kappa shape index (κ1) is 19.1. The first-order chi connectivity index (χ1) is 13.9. The SMILES string of the molecule is Fc1cccc(-c2ccc(/C=C3\CCCN=C3c3cccnc3)o2)c1C(F)(F)F. The van der Waals surface area contributed by atoms with E-state index in [9.17, 15) is 17.6 Å². The molecule has 0 spiro atoms. The summed E-state index contributed by atoms with van der Waals surface area (Å²) >= 11 is 0. The highest BCUT2D eigenvalue weighted by Crippen LogP contribution is 2.39. The minimum absolute atomic E-state index is 0.0423. The van der Waals surface area contributed by atoms with Crippen molar-refractivity contribution in [1.29, 1.82) is 0 Å². The maximum atomic E-state index is 13.9. The number of aliphatic imine (C=N–C) groups is 1. The van der Waals surface area contributed by atoms with Gasteiger partial charge >= 0.3 is 6.18 Å². The van der Waals surface area contributed by atoms with Crippen LogP contribution < -0.4 is 0 Å². The third-order valence-electron chi connectivity index (χ3n) is 4.62. The second kappa shape index (κ2) is 7.66. The molecule has 1 aliphatic rings. The van der Waals surface area contributed by atoms with E-state index in [1.54, 1.807) is 24.5 Å². The van der Waals surface area contributed by atoms with Crippen LogP contribution in [0.3, 0.4) is 0 Å². The van der Waals surface area contributed by atoms with Gasteiger partial charge in [0.15, 0.2) is 0 Å². The molecule has 148 valence electrons. The Kier molecular flexibility index (Phi) is 5.05. The second-order valence-electron chi connectivity index (χ2n) is 6.61. The fourth-order valence-corrected chi connectivity index (χ4v) is 3.36. The lowest BCUT2D eigenvalue weighted by molar-refractivity contribution is -0.139. The molecular weight excluding hydrogens is 384 g/mol. The van der Waals surface area contributed by atoms with E-state index in [0.29, 0.717) is 12.3 Å². The molecule has 4 rings (SSSR count). The lowest BCUT2D eigenvalue weighted by Gasteiger charge is -2.15. The molecule has 0 fully saturated rings. The zero-order valence-electron chi connectivity index (χ0n) is 15.2. The number of halogens is 4. The van der Waals surface area contributed by atoms with Crippen LogP contribution in [0.25, 0.3) is 17.4 Å². The summed E-state index contributed by atoms with van der Waals surface area (Å²) in [5.41, 5.74) is 0.926. The average molecular weight is 400 g/mol. The highest BCUT2D eigenvalue weighted by atomic mass is 19.4. The normalized spacial score (nSPS) is 16.1. The van der Waals surface area contributed by atoms with Gasteiger partial charge in [-0.1, -0.05) is 12.1 Å². The van der Waals surface area contributed by atoms with E-state index in [4.69, 9.17) is 4.42 Å². The van der Waals surface area contributed by atoms with Gasteiger partial charge < -0.3 is 4.42 Å². The number of rotatable bonds is 3. The molecule has 0 unspecified atom stereocenters. The van der Waals surface area contributed by atoms with Crippen LogP contribution >= 0.6 is 0 Å². The van der Waals surface area contributed by atoms with E-state index in [1.807, 2.05) is 12.1 Å². The molecular formula is C22H16F4N2O. The Morgan fingerprint density at radius 2 is 1.90 bits per heavy atom. The summed E-state index contributed by atoms with van der Waals surface area (Å²) in [7, 11) is 0. The van der Waals surface area contributed by atoms with Crippen molar-refractivity contribution < 1.29 is 22.0 Å². The molecule has 0 atom stereocenters. The van der Waals surface area contributed by atoms with Gasteiger partial charge in [-0.05, 0) is 54.8 Å². The molecule has 0 N–H and O–H groups in total. The Hall–Kier alpha value is -3.22. The largest absolute Gasteiger partial charge is 0.457 e. The minimum atomic E-state index is -4.82. The Labute approximate surface area is 164 Å². The second-order valence-corrected chi connectivity index (χ2v) is 6.61. The van der Waals surface area contributed by atoms with E-state index < -0.39 is 17.6 Å². The lowest BCUT2D eigenvalue weighted by Crippen LogP contribution is -2.11. The average Bonchev–Trinajstić information content (AvgIpc) is 3.16. The van der Waals surface area contributed by atoms with Crippen molar-refractivity contribution in [2.24, 2.45) is 4.99 Å². The highest BCUT2D eigenvalue weighted by Gasteiger charge is 2.37. The molecule has 3 aromatic rings. The summed E-state index contributed by atoms with van der Waals surface area (Å²) < 4.78 is 59.4. The fraction of sp³-hybridized carbons (Fsp3) is 0.182. The molecule has 0 saturated heterocycles. The van der Waals surface area contributed by atoms with E-state index in [2.05, 4.69) is 9.98 Å². The van der Waals surface area contributed by atoms with Gasteiger partial charge in [0.25, 0.3) is 0 Å². The van der Waals surface area contributed by atoms with Crippen molar-refractivity contribution in [1.82, 2.24) is 4.98 Å². The van der Waals surface area contributed by atoms with E-state index >= 15 is 0 Å². The standard InChI is InChI=1S/C22H16F4N2O/c23-18-7-1-6-17(20(18)22(24,25)26)19-9-8-16(29-19)12-14-4-3-11-28-21(14)15-5-2-10-27-13-15/h1-2,5-10,12-13H,3-4,11H2/b14-12+. The molecule has 1 aromatic carbocycles. The molecule has 1 aliphatic heterocycles. The molecule has 0 saturated carbocycles. The first-order valence-electron chi connectivity index (χ1n) is 9.05. The molecule has 3 heterocycles. The Morgan fingerprint density at radius 1 is 1.03 bits per heavy atom. The fourth-order valence-electron chi connectivity index (χ4n) is 3.36. The topological polar surface area (TPSA) is 38.4 Å². The van der Waals surface area contributed by atoms with Crippen LogP contribution in [0.1, 0.15) is 29.7 Å². The Bertz CT molecular complexity index is 1080. The van der Waals surface area contributed by atoms with Crippen LogP contribution in [-0.4, -0.2) is 17.2 Å². The van der Waals surface area contributed by atoms with Crippen LogP contribution in [0.2, 0.25) is 0 Å². The maximum absolute atomic E-state index is 13.9. The number of hydrogen-bond donors (Lipinski definition) is 0. The quantitative estimate of drug-likeness (QED) is 0.494. The van der Waals surface area contributed by atoms with Crippen molar-refractivity contribution >= 4 is 11.8 Å². The molecule has 0 radical (unpaired) electrons. The number of furan rings is 1. The first-order valence-corrected chi connectivity index (χ1v) is 9.05. The number of aromatic nitrogens is 1. The minimum Gasteiger partial charge on any atom is -0.457 e.